The van der Waals surface area contributed by atoms with Crippen LogP contribution in [0.4, 0.5) is 11.4 Å². The maximum atomic E-state index is 13.3. The van der Waals surface area contributed by atoms with Crippen LogP contribution in [0.3, 0.4) is 0 Å². The van der Waals surface area contributed by atoms with E-state index in [0.717, 1.165) is 18.4 Å². The van der Waals surface area contributed by atoms with Crippen LogP contribution in [0.1, 0.15) is 62.8 Å². The first-order chi connectivity index (χ1) is 21.4. The smallest absolute Gasteiger partial charge is 0.257 e. The largest absolute Gasteiger partial charge is 0.497 e. The molecule has 45 heavy (non-hydrogen) atoms. The molecule has 3 unspecified atom stereocenters. The summed E-state index contributed by atoms with van der Waals surface area (Å²) in [4.78, 5) is 24.8. The Hall–Kier alpha value is -4.18. The summed E-state index contributed by atoms with van der Waals surface area (Å²) in [7, 11) is 2.96. The van der Waals surface area contributed by atoms with Gasteiger partial charge in [-0.3, -0.25) is 9.59 Å². The highest BCUT2D eigenvalue weighted by Crippen LogP contribution is 2.49. The molecule has 3 aromatic rings. The van der Waals surface area contributed by atoms with Crippen LogP contribution in [0.2, 0.25) is 0 Å². The van der Waals surface area contributed by atoms with Crippen molar-refractivity contribution in [2.75, 3.05) is 31.5 Å². The Balaban J connectivity index is 1.61. The molecule has 0 spiro atoms. The molecular formula is C36H42N2O7. The number of carbonyl (C=O) groups is 2. The molecule has 1 fully saturated rings. The van der Waals surface area contributed by atoms with Crippen molar-refractivity contribution in [3.63, 3.8) is 0 Å². The normalized spacial score (nSPS) is 24.1. The Kier molecular flexibility index (Phi) is 9.07. The van der Waals surface area contributed by atoms with Crippen molar-refractivity contribution in [3.05, 3.63) is 89.0 Å². The second kappa shape index (κ2) is 12.7. The maximum Gasteiger partial charge on any atom is 0.257 e. The van der Waals surface area contributed by atoms with Crippen LogP contribution < -0.4 is 20.1 Å². The number of anilines is 2. The summed E-state index contributed by atoms with van der Waals surface area (Å²) in [6.45, 7) is 8.74. The average Bonchev–Trinajstić information content (AvgIpc) is 3.01. The highest BCUT2D eigenvalue weighted by molar-refractivity contribution is 6.00. The lowest BCUT2D eigenvalue weighted by Gasteiger charge is -2.41. The van der Waals surface area contributed by atoms with E-state index in [0.29, 0.717) is 46.2 Å². The van der Waals surface area contributed by atoms with E-state index >= 15 is 0 Å². The second-order valence-corrected chi connectivity index (χ2v) is 12.8. The number of nitrogens with one attached hydrogen (secondary N) is 2. The zero-order valence-electron chi connectivity index (χ0n) is 26.7. The van der Waals surface area contributed by atoms with Crippen molar-refractivity contribution in [3.8, 4) is 11.5 Å². The highest BCUT2D eigenvalue weighted by atomic mass is 16.5. The number of hydrogen-bond donors (Lipinski definition) is 3. The fourth-order valence-corrected chi connectivity index (χ4v) is 5.84. The van der Waals surface area contributed by atoms with Crippen LogP contribution in [-0.4, -0.2) is 49.5 Å². The Morgan fingerprint density at radius 3 is 2.36 bits per heavy atom. The van der Waals surface area contributed by atoms with E-state index in [-0.39, 0.29) is 17.9 Å². The van der Waals surface area contributed by atoms with Crippen molar-refractivity contribution < 1.29 is 33.6 Å². The predicted octanol–water partition coefficient (Wildman–Crippen LogP) is 6.04. The van der Waals surface area contributed by atoms with Crippen molar-refractivity contribution in [1.82, 2.24) is 0 Å². The molecular weight excluding hydrogens is 572 g/mol. The number of amides is 2. The zero-order chi connectivity index (χ0) is 32.4. The number of fused-ring (bicyclic) bond motifs is 1. The van der Waals surface area contributed by atoms with Crippen molar-refractivity contribution in [1.29, 1.82) is 0 Å². The number of methoxy groups -OCH3 is 2. The molecule has 5 rings (SSSR count). The van der Waals surface area contributed by atoms with Gasteiger partial charge in [0.25, 0.3) is 5.91 Å². The van der Waals surface area contributed by atoms with Gasteiger partial charge in [0.2, 0.25) is 5.91 Å². The maximum absolute atomic E-state index is 13.3. The Bertz CT molecular complexity index is 1570. The fraction of sp³-hybridized carbons (Fsp3) is 0.389. The summed E-state index contributed by atoms with van der Waals surface area (Å²) < 4.78 is 23.9. The summed E-state index contributed by atoms with van der Waals surface area (Å²) in [6.07, 6.45) is 4.62. The molecule has 0 aromatic heterocycles. The van der Waals surface area contributed by atoms with E-state index in [1.54, 1.807) is 49.6 Å². The van der Waals surface area contributed by atoms with E-state index < -0.39 is 23.2 Å². The van der Waals surface area contributed by atoms with Gasteiger partial charge in [-0.25, -0.2) is 0 Å². The van der Waals surface area contributed by atoms with Gasteiger partial charge in [-0.1, -0.05) is 50.3 Å². The molecule has 2 aliphatic heterocycles. The first kappa shape index (κ1) is 32.2. The minimum Gasteiger partial charge on any atom is -0.497 e. The molecule has 9 heteroatoms. The minimum atomic E-state index is -1.90. The third kappa shape index (κ3) is 6.76. The third-order valence-electron chi connectivity index (χ3n) is 8.57. The molecule has 1 saturated heterocycles. The first-order valence-corrected chi connectivity index (χ1v) is 15.1. The lowest BCUT2D eigenvalue weighted by Crippen LogP contribution is -2.53. The number of benzene rings is 3. The summed E-state index contributed by atoms with van der Waals surface area (Å²) in [5, 5.41) is 18.3. The number of hydrogen-bond acceptors (Lipinski definition) is 7. The minimum absolute atomic E-state index is 0.116. The van der Waals surface area contributed by atoms with Gasteiger partial charge in [0.05, 0.1) is 30.6 Å². The first-order valence-electron chi connectivity index (χ1n) is 15.1. The van der Waals surface area contributed by atoms with Gasteiger partial charge >= 0.3 is 0 Å². The lowest BCUT2D eigenvalue weighted by atomic mass is 9.76. The summed E-state index contributed by atoms with van der Waals surface area (Å²) in [5.41, 5.74) is 1.21. The molecule has 0 radical (unpaired) electrons. The molecule has 0 aliphatic carbocycles. The summed E-state index contributed by atoms with van der Waals surface area (Å²) >= 11 is 0. The van der Waals surface area contributed by atoms with Gasteiger partial charge < -0.3 is 34.7 Å². The van der Waals surface area contributed by atoms with Crippen LogP contribution in [0, 0.1) is 5.41 Å². The van der Waals surface area contributed by atoms with E-state index in [2.05, 4.69) is 31.4 Å². The molecule has 3 atom stereocenters. The zero-order valence-corrected chi connectivity index (χ0v) is 26.7. The lowest BCUT2D eigenvalue weighted by molar-refractivity contribution is -0.142. The number of ether oxygens (including phenoxy) is 4. The van der Waals surface area contributed by atoms with Gasteiger partial charge in [-0.2, -0.15) is 0 Å². The Morgan fingerprint density at radius 1 is 1.04 bits per heavy atom. The third-order valence-corrected chi connectivity index (χ3v) is 8.57. The van der Waals surface area contributed by atoms with Gasteiger partial charge in [-0.15, -0.1) is 0 Å². The molecule has 9 nitrogen and oxygen atoms in total. The summed E-state index contributed by atoms with van der Waals surface area (Å²) in [5.74, 6) is 0.376. The van der Waals surface area contributed by atoms with Crippen LogP contribution >= 0.6 is 0 Å². The van der Waals surface area contributed by atoms with E-state index in [4.69, 9.17) is 18.9 Å². The quantitative estimate of drug-likeness (QED) is 0.269. The van der Waals surface area contributed by atoms with E-state index in [9.17, 15) is 14.7 Å². The SMILES string of the molecule is COc1ccc(C2(O)c3c(ccc(/C=C/C4(C)CCC(C)(C)CO4)c3OCc3ccc(NC(C)=O)cc3)NC(=O)C2OC)cc1. The molecule has 3 N–H and O–H groups in total. The van der Waals surface area contributed by atoms with Crippen LogP contribution in [0.25, 0.3) is 6.08 Å². The number of aliphatic hydroxyl groups is 1. The molecule has 2 heterocycles. The Labute approximate surface area is 264 Å². The molecule has 0 saturated carbocycles. The van der Waals surface area contributed by atoms with Crippen LogP contribution in [-0.2, 0) is 31.3 Å². The molecule has 238 valence electrons. The van der Waals surface area contributed by atoms with Gasteiger partial charge in [0.1, 0.15) is 18.1 Å². The average molecular weight is 615 g/mol. The molecule has 2 aliphatic rings. The molecule has 0 bridgehead atoms. The van der Waals surface area contributed by atoms with Crippen LogP contribution in [0.5, 0.6) is 11.5 Å². The number of rotatable bonds is 9. The number of carbonyl (C=O) groups excluding carboxylic acids is 2. The van der Waals surface area contributed by atoms with E-state index in [1.165, 1.54) is 14.0 Å². The molecule has 2 amide bonds. The van der Waals surface area contributed by atoms with Gasteiger partial charge in [-0.05, 0) is 72.7 Å². The molecule has 3 aromatic carbocycles. The van der Waals surface area contributed by atoms with Crippen molar-refractivity contribution >= 4 is 29.3 Å². The van der Waals surface area contributed by atoms with Crippen LogP contribution in [0.15, 0.2) is 66.7 Å². The standard InChI is InChI=1S/C36H42N2O7/c1-23(39)37-27-12-7-24(8-13-27)21-44-31-25(17-18-35(4)20-19-34(2,3)22-45-35)9-16-29-30(31)36(41,32(43-6)33(40)38-29)26-10-14-28(42-5)15-11-26/h7-18,32,41H,19-22H2,1-6H3,(H,37,39)(H,38,40)/b18-17+. The van der Waals surface area contributed by atoms with Gasteiger partial charge in [0, 0.05) is 25.3 Å². The fourth-order valence-electron chi connectivity index (χ4n) is 5.84. The van der Waals surface area contributed by atoms with E-state index in [1.807, 2.05) is 30.4 Å². The van der Waals surface area contributed by atoms with Crippen molar-refractivity contribution in [2.45, 2.75) is 64.4 Å². The second-order valence-electron chi connectivity index (χ2n) is 12.8. The monoisotopic (exact) mass is 614 g/mol. The van der Waals surface area contributed by atoms with Gasteiger partial charge in [0.15, 0.2) is 11.7 Å². The van der Waals surface area contributed by atoms with Crippen molar-refractivity contribution in [2.24, 2.45) is 5.41 Å². The summed E-state index contributed by atoms with van der Waals surface area (Å²) in [6, 6.07) is 17.9. The topological polar surface area (TPSA) is 115 Å². The highest BCUT2D eigenvalue weighted by Gasteiger charge is 2.52. The predicted molar refractivity (Wildman–Crippen MR) is 173 cm³/mol. The Morgan fingerprint density at radius 2 is 1.76 bits per heavy atom.